The number of carbonyl (C=O) groups excluding carboxylic acids is 1. The van der Waals surface area contributed by atoms with Gasteiger partial charge in [0.05, 0.1) is 13.0 Å². The molecule has 0 bridgehead atoms. The Morgan fingerprint density at radius 2 is 1.94 bits per heavy atom. The maximum atomic E-state index is 11.6. The lowest BCUT2D eigenvalue weighted by Crippen LogP contribution is -2.10. The fourth-order valence-electron chi connectivity index (χ4n) is 1.71. The van der Waals surface area contributed by atoms with Crippen LogP contribution >= 0.6 is 11.6 Å². The Hall–Kier alpha value is -1.02. The van der Waals surface area contributed by atoms with E-state index in [1.165, 1.54) is 0 Å². The third kappa shape index (κ3) is 4.78. The summed E-state index contributed by atoms with van der Waals surface area (Å²) in [4.78, 5) is 11.6. The van der Waals surface area contributed by atoms with Crippen LogP contribution in [0.4, 0.5) is 0 Å². The van der Waals surface area contributed by atoms with Crippen molar-refractivity contribution in [2.24, 2.45) is 0 Å². The van der Waals surface area contributed by atoms with Crippen LogP contribution in [0.2, 0.25) is 5.02 Å². The lowest BCUT2D eigenvalue weighted by Gasteiger charge is -2.14. The van der Waals surface area contributed by atoms with Gasteiger partial charge < -0.3 is 4.74 Å². The van der Waals surface area contributed by atoms with Crippen molar-refractivity contribution in [1.29, 1.82) is 0 Å². The topological polar surface area (TPSA) is 26.3 Å². The van der Waals surface area contributed by atoms with Crippen molar-refractivity contribution in [2.75, 3.05) is 6.61 Å². The standard InChI is InChI=1S/C14H19ClO2/c1-3-9-17-14(16)10-11(4-2)12-5-7-13(15)8-6-12/h5-8,11H,3-4,9-10H2,1-2H3. The van der Waals surface area contributed by atoms with E-state index < -0.39 is 0 Å². The minimum atomic E-state index is -0.117. The minimum Gasteiger partial charge on any atom is -0.466 e. The number of carbonyl (C=O) groups is 1. The number of hydrogen-bond acceptors (Lipinski definition) is 2. The van der Waals surface area contributed by atoms with E-state index in [1.54, 1.807) is 0 Å². The molecule has 2 nitrogen and oxygen atoms in total. The summed E-state index contributed by atoms with van der Waals surface area (Å²) in [6.07, 6.45) is 2.23. The number of hydrogen-bond donors (Lipinski definition) is 0. The summed E-state index contributed by atoms with van der Waals surface area (Å²) >= 11 is 5.84. The molecule has 1 aromatic carbocycles. The van der Waals surface area contributed by atoms with Gasteiger partial charge in [0.1, 0.15) is 0 Å². The molecule has 0 aromatic heterocycles. The number of rotatable bonds is 6. The van der Waals surface area contributed by atoms with Crippen molar-refractivity contribution < 1.29 is 9.53 Å². The molecule has 1 unspecified atom stereocenters. The summed E-state index contributed by atoms with van der Waals surface area (Å²) in [5, 5.41) is 0.720. The Morgan fingerprint density at radius 1 is 1.29 bits per heavy atom. The minimum absolute atomic E-state index is 0.117. The van der Waals surface area contributed by atoms with E-state index in [-0.39, 0.29) is 11.9 Å². The van der Waals surface area contributed by atoms with Gasteiger partial charge in [-0.05, 0) is 36.5 Å². The van der Waals surface area contributed by atoms with Crippen LogP contribution in [0, 0.1) is 0 Å². The van der Waals surface area contributed by atoms with Crippen LogP contribution in [0.1, 0.15) is 44.6 Å². The molecule has 1 rings (SSSR count). The molecule has 94 valence electrons. The number of ether oxygens (including phenoxy) is 1. The van der Waals surface area contributed by atoms with E-state index in [0.29, 0.717) is 13.0 Å². The van der Waals surface area contributed by atoms with Gasteiger partial charge in [-0.3, -0.25) is 4.79 Å². The van der Waals surface area contributed by atoms with Crippen molar-refractivity contribution in [1.82, 2.24) is 0 Å². The van der Waals surface area contributed by atoms with E-state index >= 15 is 0 Å². The van der Waals surface area contributed by atoms with Crippen molar-refractivity contribution in [2.45, 2.75) is 39.0 Å². The number of halogens is 1. The van der Waals surface area contributed by atoms with Crippen molar-refractivity contribution in [3.05, 3.63) is 34.9 Å². The highest BCUT2D eigenvalue weighted by molar-refractivity contribution is 6.30. The average Bonchev–Trinajstić information content (AvgIpc) is 2.34. The fourth-order valence-corrected chi connectivity index (χ4v) is 1.83. The van der Waals surface area contributed by atoms with Crippen LogP contribution in [-0.2, 0) is 9.53 Å². The van der Waals surface area contributed by atoms with Gasteiger partial charge in [-0.2, -0.15) is 0 Å². The zero-order valence-corrected chi connectivity index (χ0v) is 11.2. The summed E-state index contributed by atoms with van der Waals surface area (Å²) in [6, 6.07) is 7.67. The first-order valence-electron chi connectivity index (χ1n) is 6.08. The molecule has 0 aliphatic rings. The molecule has 0 fully saturated rings. The molecule has 0 amide bonds. The van der Waals surface area contributed by atoms with Crippen LogP contribution in [0.15, 0.2) is 24.3 Å². The van der Waals surface area contributed by atoms with E-state index in [2.05, 4.69) is 6.92 Å². The highest BCUT2D eigenvalue weighted by Crippen LogP contribution is 2.25. The highest BCUT2D eigenvalue weighted by atomic mass is 35.5. The summed E-state index contributed by atoms with van der Waals surface area (Å²) in [5.41, 5.74) is 1.14. The third-order valence-electron chi connectivity index (χ3n) is 2.71. The van der Waals surface area contributed by atoms with Gasteiger partial charge >= 0.3 is 5.97 Å². The average molecular weight is 255 g/mol. The van der Waals surface area contributed by atoms with E-state index in [1.807, 2.05) is 31.2 Å². The zero-order chi connectivity index (χ0) is 12.7. The molecule has 3 heteroatoms. The summed E-state index contributed by atoms with van der Waals surface area (Å²) in [5.74, 6) is 0.102. The molecule has 0 heterocycles. The molecular weight excluding hydrogens is 236 g/mol. The third-order valence-corrected chi connectivity index (χ3v) is 2.97. The molecule has 0 saturated carbocycles. The SMILES string of the molecule is CCCOC(=O)CC(CC)c1ccc(Cl)cc1. The van der Waals surface area contributed by atoms with Gasteiger partial charge in [-0.25, -0.2) is 0 Å². The van der Waals surface area contributed by atoms with Gasteiger partial charge in [0.15, 0.2) is 0 Å². The normalized spacial score (nSPS) is 12.2. The Bertz CT molecular complexity index is 346. The van der Waals surface area contributed by atoms with E-state index in [0.717, 1.165) is 23.4 Å². The molecule has 0 aliphatic carbocycles. The van der Waals surface area contributed by atoms with Gasteiger partial charge in [-0.1, -0.05) is 37.6 Å². The second-order valence-corrected chi connectivity index (χ2v) is 4.52. The van der Waals surface area contributed by atoms with Crippen LogP contribution in [0.3, 0.4) is 0 Å². The predicted octanol–water partition coefficient (Wildman–Crippen LogP) is 4.18. The van der Waals surface area contributed by atoms with Crippen LogP contribution in [0.5, 0.6) is 0 Å². The largest absolute Gasteiger partial charge is 0.466 e. The molecular formula is C14H19ClO2. The Kier molecular flexibility index (Phi) is 6.06. The van der Waals surface area contributed by atoms with Gasteiger partial charge in [0.2, 0.25) is 0 Å². The molecule has 1 aromatic rings. The fraction of sp³-hybridized carbons (Fsp3) is 0.500. The molecule has 0 radical (unpaired) electrons. The van der Waals surface area contributed by atoms with Crippen LogP contribution < -0.4 is 0 Å². The molecule has 0 aliphatic heterocycles. The quantitative estimate of drug-likeness (QED) is 0.712. The molecule has 0 N–H and O–H groups in total. The Labute approximate surface area is 108 Å². The van der Waals surface area contributed by atoms with Crippen molar-refractivity contribution >= 4 is 17.6 Å². The monoisotopic (exact) mass is 254 g/mol. The molecule has 17 heavy (non-hydrogen) atoms. The zero-order valence-electron chi connectivity index (χ0n) is 10.4. The maximum Gasteiger partial charge on any atom is 0.306 e. The number of esters is 1. The van der Waals surface area contributed by atoms with Crippen LogP contribution in [-0.4, -0.2) is 12.6 Å². The molecule has 0 spiro atoms. The smallest absolute Gasteiger partial charge is 0.306 e. The molecule has 1 atom stereocenters. The lowest BCUT2D eigenvalue weighted by atomic mass is 9.93. The summed E-state index contributed by atoms with van der Waals surface area (Å²) in [6.45, 7) is 4.58. The number of benzene rings is 1. The Morgan fingerprint density at radius 3 is 2.47 bits per heavy atom. The first-order chi connectivity index (χ1) is 8.17. The van der Waals surface area contributed by atoms with Crippen LogP contribution in [0.25, 0.3) is 0 Å². The first kappa shape index (κ1) is 14.0. The van der Waals surface area contributed by atoms with Gasteiger partial charge in [0, 0.05) is 5.02 Å². The highest BCUT2D eigenvalue weighted by Gasteiger charge is 2.15. The molecule has 0 saturated heterocycles. The summed E-state index contributed by atoms with van der Waals surface area (Å²) < 4.78 is 5.10. The second-order valence-electron chi connectivity index (χ2n) is 4.08. The van der Waals surface area contributed by atoms with Gasteiger partial charge in [-0.15, -0.1) is 0 Å². The second kappa shape index (κ2) is 7.33. The van der Waals surface area contributed by atoms with Gasteiger partial charge in [0.25, 0.3) is 0 Å². The summed E-state index contributed by atoms with van der Waals surface area (Å²) in [7, 11) is 0. The van der Waals surface area contributed by atoms with E-state index in [4.69, 9.17) is 16.3 Å². The van der Waals surface area contributed by atoms with Crippen molar-refractivity contribution in [3.8, 4) is 0 Å². The maximum absolute atomic E-state index is 11.6. The predicted molar refractivity (Wildman–Crippen MR) is 70.4 cm³/mol. The van der Waals surface area contributed by atoms with Crippen molar-refractivity contribution in [3.63, 3.8) is 0 Å². The Balaban J connectivity index is 2.59. The first-order valence-corrected chi connectivity index (χ1v) is 6.46. The van der Waals surface area contributed by atoms with E-state index in [9.17, 15) is 4.79 Å². The lowest BCUT2D eigenvalue weighted by molar-refractivity contribution is -0.144.